The number of rotatable bonds is 3. The summed E-state index contributed by atoms with van der Waals surface area (Å²) in [6.45, 7) is 0.419. The lowest BCUT2D eigenvalue weighted by Gasteiger charge is -2.21. The summed E-state index contributed by atoms with van der Waals surface area (Å²) >= 11 is 6.13. The van der Waals surface area contributed by atoms with Gasteiger partial charge in [0.05, 0.1) is 29.7 Å². The van der Waals surface area contributed by atoms with E-state index in [1.54, 1.807) is 36.4 Å². The topological polar surface area (TPSA) is 107 Å². The molecule has 1 aliphatic rings. The average molecular weight is 467 g/mol. The normalized spacial score (nSPS) is 15.9. The Labute approximate surface area is 192 Å². The Hall–Kier alpha value is -3.85. The van der Waals surface area contributed by atoms with Gasteiger partial charge in [0.2, 0.25) is 0 Å². The fourth-order valence-electron chi connectivity index (χ4n) is 4.48. The Kier molecular flexibility index (Phi) is 5.05. The molecule has 4 aromatic rings. The number of methoxy groups -OCH3 is 1. The molecule has 10 heteroatoms. The largest absolute Gasteiger partial charge is 0.494 e. The van der Waals surface area contributed by atoms with Crippen molar-refractivity contribution in [1.29, 1.82) is 0 Å². The van der Waals surface area contributed by atoms with Crippen LogP contribution in [0.4, 0.5) is 4.79 Å². The molecule has 0 spiro atoms. The summed E-state index contributed by atoms with van der Waals surface area (Å²) in [4.78, 5) is 44.6. The van der Waals surface area contributed by atoms with E-state index in [2.05, 4.69) is 4.98 Å². The van der Waals surface area contributed by atoms with Gasteiger partial charge in [0.1, 0.15) is 11.3 Å². The summed E-state index contributed by atoms with van der Waals surface area (Å²) < 4.78 is 8.00. The number of ether oxygens (including phenoxy) is 1. The molecule has 1 atom stereocenters. The van der Waals surface area contributed by atoms with Crippen molar-refractivity contribution in [2.75, 3.05) is 20.2 Å². The molecule has 1 saturated heterocycles. The molecular formula is C23H19ClN4O5. The van der Waals surface area contributed by atoms with Gasteiger partial charge in [0.25, 0.3) is 5.56 Å². The smallest absolute Gasteiger partial charge is 0.407 e. The highest BCUT2D eigenvalue weighted by Crippen LogP contribution is 2.31. The van der Waals surface area contributed by atoms with Crippen LogP contribution in [0.3, 0.4) is 0 Å². The fraction of sp³-hybridized carbons (Fsp3) is 0.217. The van der Waals surface area contributed by atoms with Gasteiger partial charge in [-0.2, -0.15) is 0 Å². The highest BCUT2D eigenvalue weighted by molar-refractivity contribution is 6.30. The second-order valence-corrected chi connectivity index (χ2v) is 8.26. The van der Waals surface area contributed by atoms with Crippen molar-refractivity contribution in [3.05, 3.63) is 74.5 Å². The minimum Gasteiger partial charge on any atom is -0.494 e. The maximum atomic E-state index is 13.8. The van der Waals surface area contributed by atoms with Crippen LogP contribution in [0.1, 0.15) is 12.5 Å². The Morgan fingerprint density at radius 2 is 1.97 bits per heavy atom. The van der Waals surface area contributed by atoms with E-state index in [1.807, 2.05) is 0 Å². The number of aromatic nitrogens is 3. The van der Waals surface area contributed by atoms with Gasteiger partial charge in [0.15, 0.2) is 0 Å². The molecule has 9 nitrogen and oxygen atoms in total. The first-order chi connectivity index (χ1) is 15.9. The lowest BCUT2D eigenvalue weighted by atomic mass is 10.1. The second kappa shape index (κ2) is 7.93. The van der Waals surface area contributed by atoms with Crippen molar-refractivity contribution >= 4 is 39.5 Å². The molecule has 0 aliphatic carbocycles. The molecule has 3 heterocycles. The van der Waals surface area contributed by atoms with Gasteiger partial charge in [-0.25, -0.2) is 14.2 Å². The van der Waals surface area contributed by atoms with E-state index in [-0.39, 0.29) is 18.5 Å². The van der Waals surface area contributed by atoms with Gasteiger partial charge < -0.3 is 14.7 Å². The number of amides is 1. The number of benzene rings is 2. The van der Waals surface area contributed by atoms with E-state index in [4.69, 9.17) is 16.3 Å². The first kappa shape index (κ1) is 21.0. The Balaban J connectivity index is 1.91. The third-order valence-electron chi connectivity index (χ3n) is 5.99. The van der Waals surface area contributed by atoms with Crippen LogP contribution in [0, 0.1) is 0 Å². The number of fused-ring (bicyclic) bond motifs is 3. The third-order valence-corrected chi connectivity index (χ3v) is 6.22. The van der Waals surface area contributed by atoms with Gasteiger partial charge in [-0.15, -0.1) is 0 Å². The molecule has 0 saturated carbocycles. The number of hydrogen-bond donors (Lipinski definition) is 1. The molecule has 168 valence electrons. The van der Waals surface area contributed by atoms with Gasteiger partial charge in [-0.05, 0) is 30.7 Å². The Morgan fingerprint density at radius 1 is 1.18 bits per heavy atom. The average Bonchev–Trinajstić information content (AvgIpc) is 3.29. The number of carbonyl (C=O) groups is 1. The maximum absolute atomic E-state index is 13.8. The fourth-order valence-corrected chi connectivity index (χ4v) is 4.67. The molecule has 1 amide bonds. The molecular weight excluding hydrogens is 448 g/mol. The van der Waals surface area contributed by atoms with Gasteiger partial charge in [-0.3, -0.25) is 14.3 Å². The summed E-state index contributed by atoms with van der Waals surface area (Å²) in [5.41, 5.74) is 0.145. The van der Waals surface area contributed by atoms with Crippen LogP contribution < -0.4 is 16.0 Å². The van der Waals surface area contributed by atoms with Crippen molar-refractivity contribution < 1.29 is 14.6 Å². The predicted molar refractivity (Wildman–Crippen MR) is 124 cm³/mol. The molecule has 0 unspecified atom stereocenters. The molecule has 5 rings (SSSR count). The molecule has 33 heavy (non-hydrogen) atoms. The van der Waals surface area contributed by atoms with E-state index in [0.717, 1.165) is 4.57 Å². The summed E-state index contributed by atoms with van der Waals surface area (Å²) in [6.07, 6.45) is 0.818. The molecule has 2 aromatic heterocycles. The summed E-state index contributed by atoms with van der Waals surface area (Å²) in [5.74, 6) is 0.506. The first-order valence-electron chi connectivity index (χ1n) is 10.3. The minimum atomic E-state index is -1.05. The SMILES string of the molecule is COc1cccc2c1ncc1c(=O)n(-c3cccc(Cl)c3)c(=O)n([C@H]3CCN(C(=O)O)C3)c12. The molecule has 0 radical (unpaired) electrons. The number of halogens is 1. The van der Waals surface area contributed by atoms with Gasteiger partial charge in [-0.1, -0.05) is 29.8 Å². The quantitative estimate of drug-likeness (QED) is 0.464. The van der Waals surface area contributed by atoms with Crippen LogP contribution in [0.5, 0.6) is 5.75 Å². The lowest BCUT2D eigenvalue weighted by Crippen LogP contribution is -2.41. The predicted octanol–water partition coefficient (Wildman–Crippen LogP) is 3.29. The number of likely N-dealkylation sites (tertiary alicyclic amines) is 1. The third kappa shape index (κ3) is 3.32. The lowest BCUT2D eigenvalue weighted by molar-refractivity contribution is 0.154. The Morgan fingerprint density at radius 3 is 2.67 bits per heavy atom. The second-order valence-electron chi connectivity index (χ2n) is 7.82. The molecule has 0 bridgehead atoms. The van der Waals surface area contributed by atoms with Gasteiger partial charge in [0, 0.05) is 29.7 Å². The highest BCUT2D eigenvalue weighted by Gasteiger charge is 2.31. The van der Waals surface area contributed by atoms with E-state index >= 15 is 0 Å². The maximum Gasteiger partial charge on any atom is 0.407 e. The minimum absolute atomic E-state index is 0.131. The highest BCUT2D eigenvalue weighted by atomic mass is 35.5. The van der Waals surface area contributed by atoms with Crippen molar-refractivity contribution in [1.82, 2.24) is 19.0 Å². The summed E-state index contributed by atoms with van der Waals surface area (Å²) in [5, 5.41) is 10.6. The van der Waals surface area contributed by atoms with Crippen molar-refractivity contribution in [2.45, 2.75) is 12.5 Å². The molecule has 2 aromatic carbocycles. The van der Waals surface area contributed by atoms with Crippen LogP contribution in [0.15, 0.2) is 58.3 Å². The van der Waals surface area contributed by atoms with Crippen LogP contribution >= 0.6 is 11.6 Å². The van der Waals surface area contributed by atoms with Crippen LogP contribution in [0.2, 0.25) is 5.02 Å². The zero-order valence-corrected chi connectivity index (χ0v) is 18.3. The first-order valence-corrected chi connectivity index (χ1v) is 10.6. The zero-order chi connectivity index (χ0) is 23.3. The van der Waals surface area contributed by atoms with Crippen LogP contribution in [-0.2, 0) is 0 Å². The van der Waals surface area contributed by atoms with E-state index in [9.17, 15) is 19.5 Å². The standard InChI is InChI=1S/C23H19ClN4O5/c1-33-18-7-3-6-16-19(18)25-11-17-20(16)27(15-8-9-26(12-15)23(31)32)22(30)28(21(17)29)14-5-2-4-13(24)10-14/h2-7,10-11,15H,8-9,12H2,1H3,(H,31,32)/t15-/m0/s1. The zero-order valence-electron chi connectivity index (χ0n) is 17.6. The molecule has 1 fully saturated rings. The monoisotopic (exact) mass is 466 g/mol. The van der Waals surface area contributed by atoms with Crippen LogP contribution in [0.25, 0.3) is 27.5 Å². The van der Waals surface area contributed by atoms with E-state index < -0.39 is 23.4 Å². The van der Waals surface area contributed by atoms with Crippen LogP contribution in [-0.4, -0.2) is 50.4 Å². The number of pyridine rings is 1. The number of nitrogens with zero attached hydrogens (tertiary/aromatic N) is 4. The number of hydrogen-bond acceptors (Lipinski definition) is 5. The van der Waals surface area contributed by atoms with E-state index in [1.165, 1.54) is 28.8 Å². The van der Waals surface area contributed by atoms with Gasteiger partial charge >= 0.3 is 11.8 Å². The molecule has 1 aliphatic heterocycles. The summed E-state index contributed by atoms with van der Waals surface area (Å²) in [6, 6.07) is 11.3. The van der Waals surface area contributed by atoms with Crippen molar-refractivity contribution in [3.8, 4) is 11.4 Å². The van der Waals surface area contributed by atoms with Crippen molar-refractivity contribution in [3.63, 3.8) is 0 Å². The molecule has 1 N–H and O–H groups in total. The van der Waals surface area contributed by atoms with Crippen molar-refractivity contribution in [2.24, 2.45) is 0 Å². The number of para-hydroxylation sites is 1. The number of carboxylic acid groups (broad SMARTS) is 1. The van der Waals surface area contributed by atoms with E-state index in [0.29, 0.717) is 39.3 Å². The Bertz CT molecular complexity index is 1540. The summed E-state index contributed by atoms with van der Waals surface area (Å²) in [7, 11) is 1.52.